The molecule has 1 heterocycles. The highest BCUT2D eigenvalue weighted by Crippen LogP contribution is 2.24. The second kappa shape index (κ2) is 11.0. The van der Waals surface area contributed by atoms with Crippen molar-refractivity contribution in [3.63, 3.8) is 0 Å². The van der Waals surface area contributed by atoms with Gasteiger partial charge < -0.3 is 15.9 Å². The Bertz CT molecular complexity index is 589. The van der Waals surface area contributed by atoms with Crippen molar-refractivity contribution < 1.29 is 10.0 Å². The Kier molecular flexibility index (Phi) is 8.64. The van der Waals surface area contributed by atoms with Gasteiger partial charge in [-0.05, 0) is 55.6 Å². The minimum atomic E-state index is 0.450. The molecule has 1 aromatic rings. The maximum atomic E-state index is 8.52. The van der Waals surface area contributed by atoms with Crippen LogP contribution in [0.3, 0.4) is 0 Å². The third kappa shape index (κ3) is 6.80. The molecule has 0 radical (unpaired) electrons. The van der Waals surface area contributed by atoms with Crippen LogP contribution in [0.4, 0.5) is 0 Å². The van der Waals surface area contributed by atoms with Crippen molar-refractivity contribution >= 4 is 0 Å². The lowest BCUT2D eigenvalue weighted by molar-refractivity contribution is -0.0917. The van der Waals surface area contributed by atoms with Crippen LogP contribution in [0, 0.1) is 5.92 Å². The maximum Gasteiger partial charge on any atom is 0.124 e. The van der Waals surface area contributed by atoms with Crippen LogP contribution in [0.1, 0.15) is 32.3 Å². The number of nitrogens with one attached hydrogen (secondary N) is 2. The van der Waals surface area contributed by atoms with E-state index in [9.17, 15) is 0 Å². The minimum Gasteiger partial charge on any atom is -0.402 e. The van der Waals surface area contributed by atoms with Crippen LogP contribution >= 0.6 is 0 Å². The maximum absolute atomic E-state index is 8.52. The zero-order chi connectivity index (χ0) is 18.8. The number of nitrogens with zero attached hydrogens (tertiary/aromatic N) is 1. The number of likely N-dealkylation sites (tertiary alicyclic amines) is 1. The second-order valence-electron chi connectivity index (χ2n) is 6.92. The molecule has 6 heteroatoms. The monoisotopic (exact) mass is 360 g/mol. The molecule has 5 N–H and O–H groups in total. The van der Waals surface area contributed by atoms with Crippen LogP contribution in [0.25, 0.3) is 0 Å². The summed E-state index contributed by atoms with van der Waals surface area (Å²) in [4.78, 5) is 7.27. The van der Waals surface area contributed by atoms with E-state index < -0.39 is 0 Å². The van der Waals surface area contributed by atoms with Crippen molar-refractivity contribution in [1.82, 2.24) is 15.9 Å². The second-order valence-corrected chi connectivity index (χ2v) is 6.92. The quantitative estimate of drug-likeness (QED) is 0.292. The highest BCUT2D eigenvalue weighted by atomic mass is 16.8. The van der Waals surface area contributed by atoms with E-state index in [0.29, 0.717) is 17.7 Å². The van der Waals surface area contributed by atoms with E-state index in [4.69, 9.17) is 15.8 Å². The Morgan fingerprint density at radius 3 is 2.77 bits per heavy atom. The zero-order valence-corrected chi connectivity index (χ0v) is 15.8. The summed E-state index contributed by atoms with van der Waals surface area (Å²) >= 11 is 0. The molecule has 0 spiro atoms. The number of allylic oxidation sites excluding steroid dienone is 4. The van der Waals surface area contributed by atoms with Gasteiger partial charge in [0.05, 0.1) is 0 Å². The van der Waals surface area contributed by atoms with Gasteiger partial charge in [-0.3, -0.25) is 10.1 Å². The third-order valence-corrected chi connectivity index (χ3v) is 4.66. The first-order valence-corrected chi connectivity index (χ1v) is 9.31. The fourth-order valence-corrected chi connectivity index (χ4v) is 3.40. The zero-order valence-electron chi connectivity index (χ0n) is 15.8. The molecule has 0 aliphatic carbocycles. The van der Waals surface area contributed by atoms with Crippen LogP contribution in [0.2, 0.25) is 0 Å². The summed E-state index contributed by atoms with van der Waals surface area (Å²) < 4.78 is 0. The molecule has 2 unspecified atom stereocenters. The van der Waals surface area contributed by atoms with Crippen molar-refractivity contribution in [3.05, 3.63) is 59.5 Å². The van der Waals surface area contributed by atoms with Gasteiger partial charge in [-0.25, -0.2) is 0 Å². The number of rotatable bonds is 10. The lowest BCUT2D eigenvalue weighted by Crippen LogP contribution is -2.37. The lowest BCUT2D eigenvalue weighted by atomic mass is 9.97. The van der Waals surface area contributed by atoms with Crippen molar-refractivity contribution in [2.75, 3.05) is 19.6 Å². The van der Waals surface area contributed by atoms with Crippen molar-refractivity contribution in [3.8, 4) is 0 Å². The topological polar surface area (TPSA) is 82.8 Å². The molecule has 1 aromatic carbocycles. The Morgan fingerprint density at radius 2 is 2.08 bits per heavy atom. The molecule has 0 saturated carbocycles. The Morgan fingerprint density at radius 1 is 1.31 bits per heavy atom. The smallest absolute Gasteiger partial charge is 0.124 e. The van der Waals surface area contributed by atoms with Crippen LogP contribution in [-0.2, 0) is 11.4 Å². The Hall–Kier alpha value is -1.86. The fraction of sp³-hybridized carbons (Fsp3) is 0.500. The summed E-state index contributed by atoms with van der Waals surface area (Å²) in [5, 5.41) is 12.2. The van der Waals surface area contributed by atoms with Gasteiger partial charge in [0, 0.05) is 31.4 Å². The van der Waals surface area contributed by atoms with Gasteiger partial charge in [-0.1, -0.05) is 37.3 Å². The average molecular weight is 361 g/mol. The number of hydrogen-bond acceptors (Lipinski definition) is 6. The SMILES string of the molecule is CCCNC1CN(Cc2ccccc2)CC1C/C(N)=C/C=C(\C)ONO. The van der Waals surface area contributed by atoms with E-state index in [1.54, 1.807) is 18.6 Å². The Labute approximate surface area is 156 Å². The molecule has 6 nitrogen and oxygen atoms in total. The molecular formula is C20H32N4O2. The van der Waals surface area contributed by atoms with E-state index in [0.717, 1.165) is 44.7 Å². The standard InChI is InChI=1S/C20H32N4O2/c1-3-11-22-20-15-24(13-17-7-5-4-6-8-17)14-18(20)12-19(21)10-9-16(2)26-23-25/h4-10,18,20,22-23,25H,3,11-15,21H2,1-2H3/b16-9+,19-10-. The van der Waals surface area contributed by atoms with E-state index in [2.05, 4.69) is 47.5 Å². The lowest BCUT2D eigenvalue weighted by Gasteiger charge is -2.19. The van der Waals surface area contributed by atoms with Crippen LogP contribution in [0.5, 0.6) is 0 Å². The predicted molar refractivity (Wildman–Crippen MR) is 104 cm³/mol. The molecule has 0 aromatic heterocycles. The van der Waals surface area contributed by atoms with Gasteiger partial charge >= 0.3 is 0 Å². The number of benzene rings is 1. The predicted octanol–water partition coefficient (Wildman–Crippen LogP) is 2.53. The average Bonchev–Trinajstić information content (AvgIpc) is 3.00. The molecule has 0 amide bonds. The minimum absolute atomic E-state index is 0.450. The first-order valence-electron chi connectivity index (χ1n) is 9.31. The largest absolute Gasteiger partial charge is 0.402 e. The summed E-state index contributed by atoms with van der Waals surface area (Å²) in [6.45, 7) is 8.01. The molecule has 0 bridgehead atoms. The third-order valence-electron chi connectivity index (χ3n) is 4.66. The molecule has 26 heavy (non-hydrogen) atoms. The van der Waals surface area contributed by atoms with E-state index in [1.165, 1.54) is 5.56 Å². The molecule has 2 atom stereocenters. The van der Waals surface area contributed by atoms with Gasteiger partial charge in [-0.2, -0.15) is 0 Å². The Balaban J connectivity index is 1.96. The highest BCUT2D eigenvalue weighted by molar-refractivity contribution is 5.16. The summed E-state index contributed by atoms with van der Waals surface area (Å²) in [5.41, 5.74) is 10.1. The molecule has 1 aliphatic rings. The van der Waals surface area contributed by atoms with Crippen molar-refractivity contribution in [1.29, 1.82) is 0 Å². The number of hydrogen-bond donors (Lipinski definition) is 4. The normalized spacial score (nSPS) is 22.0. The summed E-state index contributed by atoms with van der Waals surface area (Å²) in [6.07, 6.45) is 5.57. The molecule has 1 aliphatic heterocycles. The van der Waals surface area contributed by atoms with Gasteiger partial charge in [-0.15, -0.1) is 0 Å². The summed E-state index contributed by atoms with van der Waals surface area (Å²) in [5.74, 6) is 1.03. The van der Waals surface area contributed by atoms with Crippen LogP contribution < -0.4 is 16.7 Å². The van der Waals surface area contributed by atoms with Gasteiger partial charge in [0.15, 0.2) is 0 Å². The first-order chi connectivity index (χ1) is 12.6. The first kappa shape index (κ1) is 20.5. The van der Waals surface area contributed by atoms with Crippen molar-refractivity contribution in [2.45, 2.75) is 39.3 Å². The molecular weight excluding hydrogens is 328 g/mol. The van der Waals surface area contributed by atoms with Crippen molar-refractivity contribution in [2.24, 2.45) is 11.7 Å². The van der Waals surface area contributed by atoms with Crippen LogP contribution in [-0.4, -0.2) is 35.8 Å². The molecule has 2 rings (SSSR count). The summed E-state index contributed by atoms with van der Waals surface area (Å²) in [6, 6.07) is 11.0. The van der Waals surface area contributed by atoms with Gasteiger partial charge in [0.1, 0.15) is 5.76 Å². The van der Waals surface area contributed by atoms with Gasteiger partial charge in [0.2, 0.25) is 0 Å². The van der Waals surface area contributed by atoms with E-state index in [-0.39, 0.29) is 0 Å². The molecule has 1 saturated heterocycles. The highest BCUT2D eigenvalue weighted by Gasteiger charge is 2.32. The molecule has 1 fully saturated rings. The van der Waals surface area contributed by atoms with Gasteiger partial charge in [0.25, 0.3) is 0 Å². The number of nitrogens with two attached hydrogens (primary N) is 1. The van der Waals surface area contributed by atoms with Crippen LogP contribution in [0.15, 0.2) is 53.9 Å². The van der Waals surface area contributed by atoms with E-state index >= 15 is 0 Å². The fourth-order valence-electron chi connectivity index (χ4n) is 3.40. The molecule has 144 valence electrons. The summed E-state index contributed by atoms with van der Waals surface area (Å²) in [7, 11) is 0. The van der Waals surface area contributed by atoms with E-state index in [1.807, 2.05) is 6.08 Å².